The molecular weight excluding hydrogens is 965 g/mol. The first-order valence-corrected chi connectivity index (χ1v) is 24.8. The lowest BCUT2D eigenvalue weighted by Gasteiger charge is -2.13. The minimum Gasteiger partial charge on any atom is -0.744 e. The minimum absolute atomic E-state index is 0.178. The Morgan fingerprint density at radius 2 is 0.792 bits per heavy atom. The van der Waals surface area contributed by atoms with E-state index in [1.807, 2.05) is 73.7 Å². The van der Waals surface area contributed by atoms with Crippen LogP contribution in [0.3, 0.4) is 0 Å². The number of anilines is 4. The molecule has 2 heterocycles. The second kappa shape index (κ2) is 25.0. The summed E-state index contributed by atoms with van der Waals surface area (Å²) in [4.78, 5) is 51.6. The van der Waals surface area contributed by atoms with Gasteiger partial charge in [-0.25, -0.2) is 26.0 Å². The van der Waals surface area contributed by atoms with Crippen molar-refractivity contribution >= 4 is 66.6 Å². The van der Waals surface area contributed by atoms with E-state index < -0.39 is 32.1 Å². The lowest BCUT2D eigenvalue weighted by atomic mass is 10.1. The van der Waals surface area contributed by atoms with E-state index in [1.54, 1.807) is 72.8 Å². The lowest BCUT2D eigenvalue weighted by Crippen LogP contribution is -2.31. The Balaban J connectivity index is 0.000000357. The largest absolute Gasteiger partial charge is 0.744 e. The summed E-state index contributed by atoms with van der Waals surface area (Å²) in [7, 11) is -5.64. The molecule has 0 aliphatic rings. The van der Waals surface area contributed by atoms with Crippen LogP contribution >= 0.6 is 0 Å². The number of ether oxygens (including phenoxy) is 2. The number of hydrogen-bond donors (Lipinski definition) is 4. The number of hydrogen-bond acceptors (Lipinski definition) is 12. The van der Waals surface area contributed by atoms with Crippen LogP contribution in [0.2, 0.25) is 0 Å². The molecule has 0 saturated heterocycles. The van der Waals surface area contributed by atoms with Crippen molar-refractivity contribution in [3.05, 3.63) is 192 Å². The van der Waals surface area contributed by atoms with E-state index in [0.29, 0.717) is 56.5 Å². The zero-order valence-electron chi connectivity index (χ0n) is 40.0. The summed E-state index contributed by atoms with van der Waals surface area (Å²) in [5, 5.41) is 11.3. The molecule has 0 radical (unpaired) electrons. The Labute approximate surface area is 417 Å². The monoisotopic (exact) mass is 1020 g/mol. The zero-order valence-corrected chi connectivity index (χ0v) is 41.7. The summed E-state index contributed by atoms with van der Waals surface area (Å²) >= 11 is 0. The Bertz CT molecular complexity index is 3060. The van der Waals surface area contributed by atoms with Crippen LogP contribution in [0.15, 0.2) is 168 Å². The molecule has 20 heteroatoms. The number of rotatable bonds is 14. The lowest BCUT2D eigenvalue weighted by molar-refractivity contribution is -0.693. The van der Waals surface area contributed by atoms with Crippen molar-refractivity contribution in [2.45, 2.75) is 50.6 Å². The van der Waals surface area contributed by atoms with E-state index in [9.17, 15) is 45.1 Å². The van der Waals surface area contributed by atoms with Gasteiger partial charge in [-0.1, -0.05) is 35.4 Å². The molecule has 18 nitrogen and oxygen atoms in total. The third kappa shape index (κ3) is 15.9. The molecule has 2 aromatic heterocycles. The number of methoxy groups -OCH3 is 2. The number of aryl methyl sites for hydroxylation is 4. The summed E-state index contributed by atoms with van der Waals surface area (Å²) in [5.41, 5.74) is 5.21. The van der Waals surface area contributed by atoms with E-state index in [0.717, 1.165) is 24.2 Å². The number of nitrogens with zero attached hydrogens (tertiary/aromatic N) is 2. The van der Waals surface area contributed by atoms with Crippen LogP contribution in [-0.4, -0.2) is 63.8 Å². The van der Waals surface area contributed by atoms with E-state index in [-0.39, 0.29) is 21.6 Å². The number of carbonyl (C=O) groups excluding carboxylic acids is 4. The van der Waals surface area contributed by atoms with Gasteiger partial charge in [0, 0.05) is 34.4 Å². The van der Waals surface area contributed by atoms with Crippen molar-refractivity contribution in [3.8, 4) is 11.5 Å². The highest BCUT2D eigenvalue weighted by Crippen LogP contribution is 2.28. The molecule has 0 fully saturated rings. The first-order chi connectivity index (χ1) is 34.2. The van der Waals surface area contributed by atoms with Gasteiger partial charge in [0.05, 0.1) is 35.4 Å². The van der Waals surface area contributed by atoms with Crippen LogP contribution in [0.1, 0.15) is 66.4 Å². The zero-order chi connectivity index (χ0) is 52.6. The average Bonchev–Trinajstić information content (AvgIpc) is 3.36. The van der Waals surface area contributed by atoms with Gasteiger partial charge < -0.3 is 39.8 Å². The predicted octanol–water partition coefficient (Wildman–Crippen LogP) is 7.13. The first-order valence-electron chi connectivity index (χ1n) is 22.0. The normalized spacial score (nSPS) is 10.8. The molecule has 0 atom stereocenters. The summed E-state index contributed by atoms with van der Waals surface area (Å²) in [5.74, 6) is -0.902. The van der Waals surface area contributed by atoms with E-state index in [4.69, 9.17) is 9.47 Å². The number of amides is 4. The molecule has 5 aromatic carbocycles. The van der Waals surface area contributed by atoms with Gasteiger partial charge in [-0.3, -0.25) is 19.2 Å². The van der Waals surface area contributed by atoms with Crippen LogP contribution in [0, 0.1) is 13.8 Å². The topological polar surface area (TPSA) is 257 Å². The van der Waals surface area contributed by atoms with Crippen LogP contribution < -0.4 is 39.9 Å². The fraction of sp³-hybridized carbons (Fsp3) is 0.154. The van der Waals surface area contributed by atoms with Crippen molar-refractivity contribution in [2.24, 2.45) is 0 Å². The van der Waals surface area contributed by atoms with Crippen molar-refractivity contribution in [3.63, 3.8) is 0 Å². The molecule has 4 amide bonds. The molecule has 374 valence electrons. The highest BCUT2D eigenvalue weighted by molar-refractivity contribution is 7.86. The van der Waals surface area contributed by atoms with Crippen LogP contribution in [0.4, 0.5) is 22.7 Å². The average molecular weight is 1020 g/mol. The third-order valence-electron chi connectivity index (χ3n) is 10.4. The molecule has 4 N–H and O–H groups in total. The van der Waals surface area contributed by atoms with Gasteiger partial charge >= 0.3 is 0 Å². The molecule has 0 bridgehead atoms. The second-order valence-corrected chi connectivity index (χ2v) is 18.4. The number of carbonyl (C=O) groups is 4. The molecule has 7 aromatic rings. The SMILES string of the molecule is CC[n+]1cccc(NC(=O)c2ccc(NC(=O)c3ccc(C(=O)Nc4ccc(C(=O)Nc5ccc[n+](CC)c5)cc4OC)cc3)c(OC)c2)c1.Cc1ccc(S(=O)(=O)[O-])cc1.Cc1ccc(S(=O)(=O)[O-])cc1. The number of benzene rings is 5. The maximum absolute atomic E-state index is 13.1. The van der Waals surface area contributed by atoms with Gasteiger partial charge in [-0.15, -0.1) is 0 Å². The molecule has 72 heavy (non-hydrogen) atoms. The van der Waals surface area contributed by atoms with Crippen LogP contribution in [-0.2, 0) is 33.3 Å². The number of nitrogens with one attached hydrogen (secondary N) is 4. The molecule has 7 rings (SSSR count). The van der Waals surface area contributed by atoms with Gasteiger partial charge in [-0.2, -0.15) is 0 Å². The molecule has 0 spiro atoms. The molecule has 0 unspecified atom stereocenters. The fourth-order valence-electron chi connectivity index (χ4n) is 6.43. The fourth-order valence-corrected chi connectivity index (χ4v) is 7.37. The number of pyridine rings is 2. The maximum atomic E-state index is 13.1. The highest BCUT2D eigenvalue weighted by Gasteiger charge is 2.18. The molecular formula is C52H52N6O12S2. The van der Waals surface area contributed by atoms with Gasteiger partial charge in [0.25, 0.3) is 23.6 Å². The van der Waals surface area contributed by atoms with Gasteiger partial charge in [0.2, 0.25) is 0 Å². The first kappa shape index (κ1) is 54.6. The van der Waals surface area contributed by atoms with Gasteiger partial charge in [-0.05, 0) is 125 Å². The number of aromatic nitrogens is 2. The second-order valence-electron chi connectivity index (χ2n) is 15.6. The Kier molecular flexibility index (Phi) is 19.0. The Morgan fingerprint density at radius 3 is 1.10 bits per heavy atom. The van der Waals surface area contributed by atoms with E-state index >= 15 is 0 Å². The Morgan fingerprint density at radius 1 is 0.472 bits per heavy atom. The molecule has 0 aliphatic carbocycles. The summed E-state index contributed by atoms with van der Waals surface area (Å²) < 4.78 is 77.1. The van der Waals surface area contributed by atoms with E-state index in [2.05, 4.69) is 21.3 Å². The Hall–Kier alpha value is -8.30. The smallest absolute Gasteiger partial charge is 0.255 e. The third-order valence-corrected chi connectivity index (χ3v) is 12.1. The minimum atomic E-state index is -4.27. The van der Waals surface area contributed by atoms with Crippen molar-refractivity contribution in [1.29, 1.82) is 0 Å². The van der Waals surface area contributed by atoms with Crippen molar-refractivity contribution < 1.29 is 63.7 Å². The summed E-state index contributed by atoms with van der Waals surface area (Å²) in [6.07, 6.45) is 7.49. The molecule has 0 aliphatic heterocycles. The summed E-state index contributed by atoms with van der Waals surface area (Å²) in [6.45, 7) is 9.19. The quantitative estimate of drug-likeness (QED) is 0.0627. The van der Waals surface area contributed by atoms with Gasteiger partial charge in [0.1, 0.15) is 56.2 Å². The standard InChI is InChI=1S/C38H36N6O6.2C7H8O3S/c1-5-43-19-7-9-29(23-43)39-37(47)27-15-17-31(33(21-27)49-3)41-35(45)25-11-13-26(14-12-25)36(46)42-32-18-16-28(22-34(32)50-4)38(48)40-30-10-8-20-44(6-2)24-30;2*1-6-2-4-7(5-3-6)11(8,9)10/h7-24H,5-6H2,1-4H3,(H2-2,39,40,41,42,45,46,47,48);2*2-5H,1H3,(H,8,9,10). The van der Waals surface area contributed by atoms with Crippen LogP contribution in [0.25, 0.3) is 0 Å². The van der Waals surface area contributed by atoms with E-state index in [1.165, 1.54) is 62.8 Å². The molecule has 0 saturated carbocycles. The van der Waals surface area contributed by atoms with Crippen molar-refractivity contribution in [2.75, 3.05) is 35.5 Å². The predicted molar refractivity (Wildman–Crippen MR) is 267 cm³/mol. The maximum Gasteiger partial charge on any atom is 0.255 e. The van der Waals surface area contributed by atoms with Crippen LogP contribution in [0.5, 0.6) is 11.5 Å². The van der Waals surface area contributed by atoms with Gasteiger partial charge in [0.15, 0.2) is 24.8 Å². The highest BCUT2D eigenvalue weighted by atomic mass is 32.2. The summed E-state index contributed by atoms with van der Waals surface area (Å²) in [6, 6.07) is 34.4. The van der Waals surface area contributed by atoms with Crippen molar-refractivity contribution in [1.82, 2.24) is 0 Å².